The van der Waals surface area contributed by atoms with Crippen LogP contribution in [0, 0.1) is 17.6 Å². The van der Waals surface area contributed by atoms with Crippen LogP contribution >= 0.6 is 0 Å². The second-order valence-corrected chi connectivity index (χ2v) is 9.70. The van der Waals surface area contributed by atoms with Gasteiger partial charge in [0.25, 0.3) is 0 Å². The van der Waals surface area contributed by atoms with Gasteiger partial charge in [0.15, 0.2) is 5.82 Å². The molecule has 2 aliphatic rings. The maximum Gasteiger partial charge on any atom is 0.243 e. The SMILES string of the molecule is CC(C)c1nc(C23CCCC2CN(S(=O)(=O)c2cc(F)cc(F)c2)C3)no1. The number of rotatable bonds is 4. The van der Waals surface area contributed by atoms with Crippen molar-refractivity contribution in [1.29, 1.82) is 0 Å². The van der Waals surface area contributed by atoms with E-state index in [1.165, 1.54) is 4.31 Å². The Labute approximate surface area is 156 Å². The molecule has 27 heavy (non-hydrogen) atoms. The Kier molecular flexibility index (Phi) is 4.34. The molecule has 2 aromatic rings. The van der Waals surface area contributed by atoms with E-state index >= 15 is 0 Å². The van der Waals surface area contributed by atoms with E-state index in [9.17, 15) is 17.2 Å². The highest BCUT2D eigenvalue weighted by Crippen LogP contribution is 2.50. The summed E-state index contributed by atoms with van der Waals surface area (Å²) in [5, 5.41) is 4.14. The van der Waals surface area contributed by atoms with Gasteiger partial charge in [-0.05, 0) is 30.9 Å². The number of aromatic nitrogens is 2. The molecule has 6 nitrogen and oxygen atoms in total. The van der Waals surface area contributed by atoms with Crippen LogP contribution in [-0.2, 0) is 15.4 Å². The topological polar surface area (TPSA) is 76.3 Å². The molecular weight excluding hydrogens is 376 g/mol. The van der Waals surface area contributed by atoms with E-state index in [1.54, 1.807) is 0 Å². The van der Waals surface area contributed by atoms with Crippen LogP contribution in [0.1, 0.15) is 50.7 Å². The number of halogens is 2. The minimum absolute atomic E-state index is 0.0586. The van der Waals surface area contributed by atoms with Crippen LogP contribution in [0.4, 0.5) is 8.78 Å². The molecule has 1 aromatic carbocycles. The fraction of sp³-hybridized carbons (Fsp3) is 0.556. The molecule has 2 unspecified atom stereocenters. The van der Waals surface area contributed by atoms with Crippen molar-refractivity contribution in [3.63, 3.8) is 0 Å². The van der Waals surface area contributed by atoms with Gasteiger partial charge in [-0.25, -0.2) is 17.2 Å². The van der Waals surface area contributed by atoms with Crippen LogP contribution < -0.4 is 0 Å². The molecule has 0 N–H and O–H groups in total. The Balaban J connectivity index is 1.69. The van der Waals surface area contributed by atoms with Crippen molar-refractivity contribution in [3.05, 3.63) is 41.5 Å². The molecule has 1 aliphatic carbocycles. The molecule has 1 aliphatic heterocycles. The van der Waals surface area contributed by atoms with Crippen LogP contribution in [0.15, 0.2) is 27.6 Å². The van der Waals surface area contributed by atoms with Crippen LogP contribution in [-0.4, -0.2) is 36.0 Å². The zero-order valence-electron chi connectivity index (χ0n) is 15.2. The van der Waals surface area contributed by atoms with Crippen LogP contribution in [0.25, 0.3) is 0 Å². The molecule has 2 atom stereocenters. The minimum atomic E-state index is -4.01. The second-order valence-electron chi connectivity index (χ2n) is 7.76. The predicted octanol–water partition coefficient (Wildman–Crippen LogP) is 3.21. The number of benzene rings is 1. The predicted molar refractivity (Wildman–Crippen MR) is 92.5 cm³/mol. The van der Waals surface area contributed by atoms with Crippen LogP contribution in [0.2, 0.25) is 0 Å². The summed E-state index contributed by atoms with van der Waals surface area (Å²) in [6, 6.07) is 2.36. The minimum Gasteiger partial charge on any atom is -0.339 e. The summed E-state index contributed by atoms with van der Waals surface area (Å²) < 4.78 is 59.7. The summed E-state index contributed by atoms with van der Waals surface area (Å²) in [7, 11) is -4.01. The normalized spacial score (nSPS) is 26.0. The van der Waals surface area contributed by atoms with E-state index in [-0.39, 0.29) is 29.8 Å². The van der Waals surface area contributed by atoms with E-state index in [2.05, 4.69) is 10.1 Å². The Morgan fingerprint density at radius 3 is 2.59 bits per heavy atom. The number of fused-ring (bicyclic) bond motifs is 1. The van der Waals surface area contributed by atoms with Gasteiger partial charge < -0.3 is 4.52 Å². The molecule has 9 heteroatoms. The Bertz CT molecular complexity index is 956. The lowest BCUT2D eigenvalue weighted by atomic mass is 9.80. The van der Waals surface area contributed by atoms with Gasteiger partial charge in [-0.15, -0.1) is 0 Å². The number of sulfonamides is 1. The maximum atomic E-state index is 13.5. The third kappa shape index (κ3) is 2.97. The molecule has 1 saturated heterocycles. The van der Waals surface area contributed by atoms with Gasteiger partial charge in [-0.1, -0.05) is 25.4 Å². The van der Waals surface area contributed by atoms with Crippen LogP contribution in [0.3, 0.4) is 0 Å². The summed E-state index contributed by atoms with van der Waals surface area (Å²) in [6.07, 6.45) is 2.58. The smallest absolute Gasteiger partial charge is 0.243 e. The van der Waals surface area contributed by atoms with Gasteiger partial charge in [0.05, 0.1) is 10.3 Å². The highest BCUT2D eigenvalue weighted by molar-refractivity contribution is 7.89. The van der Waals surface area contributed by atoms with E-state index in [4.69, 9.17) is 4.52 Å². The van der Waals surface area contributed by atoms with Crippen molar-refractivity contribution >= 4 is 10.0 Å². The van der Waals surface area contributed by atoms with Crippen molar-refractivity contribution in [1.82, 2.24) is 14.4 Å². The van der Waals surface area contributed by atoms with Gasteiger partial charge in [-0.2, -0.15) is 9.29 Å². The van der Waals surface area contributed by atoms with Crippen molar-refractivity contribution in [2.45, 2.75) is 49.3 Å². The van der Waals surface area contributed by atoms with Gasteiger partial charge in [0.1, 0.15) is 11.6 Å². The number of hydrogen-bond acceptors (Lipinski definition) is 5. The third-order valence-corrected chi connectivity index (χ3v) is 7.48. The van der Waals surface area contributed by atoms with Crippen molar-refractivity contribution in [3.8, 4) is 0 Å². The quantitative estimate of drug-likeness (QED) is 0.792. The van der Waals surface area contributed by atoms with Gasteiger partial charge in [0.2, 0.25) is 15.9 Å². The van der Waals surface area contributed by atoms with Gasteiger partial charge in [-0.3, -0.25) is 0 Å². The van der Waals surface area contributed by atoms with E-state index in [1.807, 2.05) is 13.8 Å². The molecule has 4 rings (SSSR count). The van der Waals surface area contributed by atoms with Crippen molar-refractivity contribution in [2.75, 3.05) is 13.1 Å². The first-order valence-corrected chi connectivity index (χ1v) is 10.5. The van der Waals surface area contributed by atoms with E-state index in [0.717, 1.165) is 31.4 Å². The standard InChI is InChI=1S/C18H21F2N3O3S/c1-11(2)16-21-17(22-26-16)18-5-3-4-12(18)9-23(10-18)27(24,25)15-7-13(19)6-14(20)8-15/h6-8,11-12H,3-5,9-10H2,1-2H3. The lowest BCUT2D eigenvalue weighted by Crippen LogP contribution is -2.35. The lowest BCUT2D eigenvalue weighted by Gasteiger charge is -2.24. The molecule has 0 radical (unpaired) electrons. The third-order valence-electron chi connectivity index (χ3n) is 5.69. The zero-order valence-corrected chi connectivity index (χ0v) is 16.0. The highest BCUT2D eigenvalue weighted by Gasteiger charge is 2.56. The van der Waals surface area contributed by atoms with Crippen molar-refractivity contribution < 1.29 is 21.7 Å². The Hall–Kier alpha value is -1.87. The Morgan fingerprint density at radius 1 is 1.26 bits per heavy atom. The number of hydrogen-bond donors (Lipinski definition) is 0. The first kappa shape index (κ1) is 18.5. The fourth-order valence-corrected chi connectivity index (χ4v) is 5.89. The first-order valence-electron chi connectivity index (χ1n) is 9.03. The first-order chi connectivity index (χ1) is 12.7. The van der Waals surface area contributed by atoms with Gasteiger partial charge in [0, 0.05) is 25.1 Å². The largest absolute Gasteiger partial charge is 0.339 e. The maximum absolute atomic E-state index is 13.5. The average Bonchev–Trinajstić information content (AvgIpc) is 3.27. The van der Waals surface area contributed by atoms with Gasteiger partial charge >= 0.3 is 0 Å². The van der Waals surface area contributed by atoms with E-state index < -0.39 is 27.1 Å². The number of nitrogens with zero attached hydrogens (tertiary/aromatic N) is 3. The van der Waals surface area contributed by atoms with Crippen LogP contribution in [0.5, 0.6) is 0 Å². The molecule has 146 valence electrons. The molecule has 2 heterocycles. The molecule has 2 fully saturated rings. The Morgan fingerprint density at radius 2 is 1.96 bits per heavy atom. The van der Waals surface area contributed by atoms with E-state index in [0.29, 0.717) is 17.8 Å². The monoisotopic (exact) mass is 397 g/mol. The average molecular weight is 397 g/mol. The fourth-order valence-electron chi connectivity index (χ4n) is 4.29. The highest BCUT2D eigenvalue weighted by atomic mass is 32.2. The summed E-state index contributed by atoms with van der Waals surface area (Å²) >= 11 is 0. The molecule has 0 amide bonds. The lowest BCUT2D eigenvalue weighted by molar-refractivity contribution is 0.324. The molecule has 1 saturated carbocycles. The zero-order chi connectivity index (χ0) is 19.4. The molecule has 1 aromatic heterocycles. The molecule has 0 spiro atoms. The summed E-state index contributed by atoms with van der Waals surface area (Å²) in [4.78, 5) is 4.15. The molecular formula is C18H21F2N3O3S. The summed E-state index contributed by atoms with van der Waals surface area (Å²) in [5.41, 5.74) is -0.504. The molecule has 0 bridgehead atoms. The second kappa shape index (κ2) is 6.34. The summed E-state index contributed by atoms with van der Waals surface area (Å²) in [6.45, 7) is 4.37. The summed E-state index contributed by atoms with van der Waals surface area (Å²) in [5.74, 6) is -0.623. The van der Waals surface area contributed by atoms with Crippen molar-refractivity contribution in [2.24, 2.45) is 5.92 Å².